The Balaban J connectivity index is 1.79. The van der Waals surface area contributed by atoms with Gasteiger partial charge in [-0.3, -0.25) is 14.2 Å². The highest BCUT2D eigenvalue weighted by Gasteiger charge is 2.36. The molecule has 0 saturated carbocycles. The van der Waals surface area contributed by atoms with Gasteiger partial charge in [0.2, 0.25) is 5.91 Å². The summed E-state index contributed by atoms with van der Waals surface area (Å²) in [6.45, 7) is 2.73. The molecule has 0 spiro atoms. The third kappa shape index (κ3) is 3.04. The maximum Gasteiger partial charge on any atom is 0.256 e. The molecule has 1 aromatic heterocycles. The van der Waals surface area contributed by atoms with E-state index in [4.69, 9.17) is 0 Å². The van der Waals surface area contributed by atoms with Crippen LogP contribution in [0.25, 0.3) is 0 Å². The number of amides is 1. The van der Waals surface area contributed by atoms with Crippen LogP contribution in [0.15, 0.2) is 4.79 Å². The van der Waals surface area contributed by atoms with Crippen molar-refractivity contribution in [2.45, 2.75) is 26.2 Å². The number of fused-ring (bicyclic) bond motifs is 1. The average Bonchev–Trinajstić information content (AvgIpc) is 2.73. The molecule has 1 unspecified atom stereocenters. The Labute approximate surface area is 135 Å². The summed E-state index contributed by atoms with van der Waals surface area (Å²) in [7, 11) is -1.38. The minimum Gasteiger partial charge on any atom is -0.342 e. The largest absolute Gasteiger partial charge is 0.342 e. The molecule has 0 aromatic carbocycles. The number of carbonyl (C=O) groups is 1. The molecular weight excluding hydrogens is 318 g/mol. The van der Waals surface area contributed by atoms with Crippen LogP contribution >= 0.6 is 0 Å². The van der Waals surface area contributed by atoms with Crippen molar-refractivity contribution in [2.75, 3.05) is 24.6 Å². The Hall–Kier alpha value is -1.70. The van der Waals surface area contributed by atoms with Crippen molar-refractivity contribution in [3.8, 4) is 0 Å². The van der Waals surface area contributed by atoms with Gasteiger partial charge in [-0.1, -0.05) is 0 Å². The number of aryl methyl sites for hydroxylation is 1. The molecule has 0 N–H and O–H groups in total. The summed E-state index contributed by atoms with van der Waals surface area (Å²) >= 11 is 0. The second-order valence-electron chi connectivity index (χ2n) is 6.37. The first-order valence-electron chi connectivity index (χ1n) is 7.83. The Bertz CT molecular complexity index is 813. The fraction of sp³-hybridized carbons (Fsp3) is 0.667. The molecule has 126 valence electrons. The van der Waals surface area contributed by atoms with Gasteiger partial charge in [-0.2, -0.15) is 0 Å². The van der Waals surface area contributed by atoms with E-state index in [2.05, 4.69) is 4.98 Å². The average molecular weight is 339 g/mol. The molecule has 1 fully saturated rings. The lowest BCUT2D eigenvalue weighted by molar-refractivity contribution is -0.134. The molecule has 3 rings (SSSR count). The summed E-state index contributed by atoms with van der Waals surface area (Å²) in [5.74, 6) is 0.175. The molecule has 2 aliphatic rings. The molecular formula is C15H21N3O4S. The quantitative estimate of drug-likeness (QED) is 0.685. The van der Waals surface area contributed by atoms with E-state index in [9.17, 15) is 18.0 Å². The molecule has 1 atom stereocenters. The van der Waals surface area contributed by atoms with Gasteiger partial charge in [0.25, 0.3) is 5.56 Å². The Morgan fingerprint density at radius 2 is 1.96 bits per heavy atom. The van der Waals surface area contributed by atoms with Gasteiger partial charge >= 0.3 is 0 Å². The van der Waals surface area contributed by atoms with Crippen LogP contribution in [0.2, 0.25) is 0 Å². The topological polar surface area (TPSA) is 89.3 Å². The zero-order valence-electron chi connectivity index (χ0n) is 13.4. The first-order chi connectivity index (χ1) is 10.8. The van der Waals surface area contributed by atoms with Gasteiger partial charge < -0.3 is 4.90 Å². The predicted molar refractivity (Wildman–Crippen MR) is 85.0 cm³/mol. The summed E-state index contributed by atoms with van der Waals surface area (Å²) in [6.07, 6.45) is 1.42. The van der Waals surface area contributed by atoms with Gasteiger partial charge in [0.1, 0.15) is 5.82 Å². The molecule has 0 radical (unpaired) electrons. The highest BCUT2D eigenvalue weighted by molar-refractivity contribution is 7.91. The van der Waals surface area contributed by atoms with Crippen LogP contribution < -0.4 is 5.56 Å². The highest BCUT2D eigenvalue weighted by atomic mass is 32.2. The maximum atomic E-state index is 12.6. The van der Waals surface area contributed by atoms with Gasteiger partial charge in [0.05, 0.1) is 23.1 Å². The van der Waals surface area contributed by atoms with Gasteiger partial charge in [-0.15, -0.1) is 0 Å². The molecule has 2 aliphatic heterocycles. The molecule has 8 heteroatoms. The number of hydrogen-bond acceptors (Lipinski definition) is 5. The molecule has 1 aromatic rings. The van der Waals surface area contributed by atoms with Crippen molar-refractivity contribution in [3.63, 3.8) is 0 Å². The van der Waals surface area contributed by atoms with E-state index in [0.29, 0.717) is 43.7 Å². The first kappa shape index (κ1) is 16.2. The van der Waals surface area contributed by atoms with Crippen molar-refractivity contribution in [2.24, 2.45) is 13.0 Å². The van der Waals surface area contributed by atoms with Crippen molar-refractivity contribution in [3.05, 3.63) is 27.4 Å². The number of hydrogen-bond donors (Lipinski definition) is 0. The number of rotatable bonds is 1. The zero-order valence-corrected chi connectivity index (χ0v) is 14.2. The van der Waals surface area contributed by atoms with Gasteiger partial charge in [0, 0.05) is 32.1 Å². The fourth-order valence-electron chi connectivity index (χ4n) is 3.34. The van der Waals surface area contributed by atoms with E-state index < -0.39 is 15.8 Å². The predicted octanol–water partition coefficient (Wildman–Crippen LogP) is -0.549. The summed E-state index contributed by atoms with van der Waals surface area (Å²) in [5, 5.41) is 0. The lowest BCUT2D eigenvalue weighted by Gasteiger charge is -2.23. The number of aromatic nitrogens is 2. The lowest BCUT2D eigenvalue weighted by atomic mass is 10.1. The molecule has 1 amide bonds. The Kier molecular flexibility index (Phi) is 4.03. The first-order valence-corrected chi connectivity index (χ1v) is 9.65. The molecule has 7 nitrogen and oxygen atoms in total. The SMILES string of the molecule is Cc1nc2c(c(=O)n1C)CCN(C(=O)C1CCS(=O)(=O)C1)CC2. The molecule has 0 aliphatic carbocycles. The summed E-state index contributed by atoms with van der Waals surface area (Å²) in [6, 6.07) is 0. The second kappa shape index (κ2) is 5.74. The second-order valence-corrected chi connectivity index (χ2v) is 8.60. The minimum atomic E-state index is -3.07. The van der Waals surface area contributed by atoms with Crippen LogP contribution in [0.1, 0.15) is 23.5 Å². The van der Waals surface area contributed by atoms with E-state index in [0.717, 1.165) is 5.69 Å². The van der Waals surface area contributed by atoms with E-state index >= 15 is 0 Å². The molecule has 1 saturated heterocycles. The summed E-state index contributed by atoms with van der Waals surface area (Å²) in [4.78, 5) is 31.1. The number of carbonyl (C=O) groups excluding carboxylic acids is 1. The lowest BCUT2D eigenvalue weighted by Crippen LogP contribution is -2.38. The van der Waals surface area contributed by atoms with E-state index in [1.165, 1.54) is 4.57 Å². The molecule has 3 heterocycles. The zero-order chi connectivity index (χ0) is 16.8. The number of nitrogens with zero attached hydrogens (tertiary/aromatic N) is 3. The summed E-state index contributed by atoms with van der Waals surface area (Å²) < 4.78 is 24.7. The molecule has 23 heavy (non-hydrogen) atoms. The van der Waals surface area contributed by atoms with Crippen LogP contribution in [0, 0.1) is 12.8 Å². The van der Waals surface area contributed by atoms with Crippen LogP contribution in [0.5, 0.6) is 0 Å². The van der Waals surface area contributed by atoms with Gasteiger partial charge in [-0.25, -0.2) is 13.4 Å². The van der Waals surface area contributed by atoms with Crippen LogP contribution in [-0.2, 0) is 34.5 Å². The fourth-order valence-corrected chi connectivity index (χ4v) is 5.07. The van der Waals surface area contributed by atoms with E-state index in [1.54, 1.807) is 18.9 Å². The molecule has 0 bridgehead atoms. The van der Waals surface area contributed by atoms with Crippen molar-refractivity contribution < 1.29 is 13.2 Å². The van der Waals surface area contributed by atoms with Crippen LogP contribution in [-0.4, -0.2) is 53.4 Å². The van der Waals surface area contributed by atoms with E-state index in [1.807, 2.05) is 0 Å². The van der Waals surface area contributed by atoms with Gasteiger partial charge in [-0.05, 0) is 19.8 Å². The highest BCUT2D eigenvalue weighted by Crippen LogP contribution is 2.22. The van der Waals surface area contributed by atoms with Crippen LogP contribution in [0.3, 0.4) is 0 Å². The third-order valence-corrected chi connectivity index (χ3v) is 6.60. The third-order valence-electron chi connectivity index (χ3n) is 4.84. The number of sulfone groups is 1. The Morgan fingerprint density at radius 3 is 2.61 bits per heavy atom. The summed E-state index contributed by atoms with van der Waals surface area (Å²) in [5.41, 5.74) is 1.39. The van der Waals surface area contributed by atoms with Crippen molar-refractivity contribution >= 4 is 15.7 Å². The maximum absolute atomic E-state index is 12.6. The smallest absolute Gasteiger partial charge is 0.256 e. The van der Waals surface area contributed by atoms with Crippen molar-refractivity contribution in [1.29, 1.82) is 0 Å². The normalized spacial score (nSPS) is 23.4. The standard InChI is InChI=1S/C15H21N3O4S/c1-10-16-13-4-7-18(6-3-12(13)15(20)17(10)2)14(19)11-5-8-23(21,22)9-11/h11H,3-9H2,1-2H3. The van der Waals surface area contributed by atoms with Crippen LogP contribution in [0.4, 0.5) is 0 Å². The van der Waals surface area contributed by atoms with Crippen molar-refractivity contribution in [1.82, 2.24) is 14.5 Å². The van der Waals surface area contributed by atoms with Gasteiger partial charge in [0.15, 0.2) is 9.84 Å². The minimum absolute atomic E-state index is 0.0472. The Morgan fingerprint density at radius 1 is 1.26 bits per heavy atom. The monoisotopic (exact) mass is 339 g/mol. The van der Waals surface area contributed by atoms with E-state index in [-0.39, 0.29) is 23.0 Å².